The summed E-state index contributed by atoms with van der Waals surface area (Å²) in [7, 11) is 0. The average Bonchev–Trinajstić information content (AvgIpc) is 3.03. The van der Waals surface area contributed by atoms with Gasteiger partial charge in [0, 0.05) is 23.9 Å². The van der Waals surface area contributed by atoms with Crippen molar-refractivity contribution in [3.63, 3.8) is 0 Å². The highest BCUT2D eigenvalue weighted by Gasteiger charge is 2.20. The van der Waals surface area contributed by atoms with E-state index in [1.54, 1.807) is 11.3 Å². The van der Waals surface area contributed by atoms with Crippen molar-refractivity contribution in [1.82, 2.24) is 20.3 Å². The van der Waals surface area contributed by atoms with Gasteiger partial charge in [-0.3, -0.25) is 4.79 Å². The predicted octanol–water partition coefficient (Wildman–Crippen LogP) is 1.15. The standard InChI is InChI=1S/C14H18N4O2S/c1-10-13-9-20-8-11(7-18(13)17-16-10)6-15-14(19)5-12-3-2-4-21-12/h2-4,11H,5-9H2,1H3,(H,15,19)/t11-/m0/s1. The molecule has 1 aliphatic rings. The van der Waals surface area contributed by atoms with E-state index in [4.69, 9.17) is 4.74 Å². The van der Waals surface area contributed by atoms with Crippen molar-refractivity contribution in [2.24, 2.45) is 5.92 Å². The molecule has 2 aromatic rings. The van der Waals surface area contributed by atoms with Crippen LogP contribution in [0.2, 0.25) is 0 Å². The summed E-state index contributed by atoms with van der Waals surface area (Å²) in [6, 6.07) is 3.93. The van der Waals surface area contributed by atoms with E-state index in [1.807, 2.05) is 29.1 Å². The van der Waals surface area contributed by atoms with Crippen LogP contribution in [-0.2, 0) is 29.1 Å². The largest absolute Gasteiger partial charge is 0.375 e. The SMILES string of the molecule is Cc1nnn2c1COC[C@@H](CNC(=O)Cc1cccs1)C2. The van der Waals surface area contributed by atoms with Gasteiger partial charge in [-0.05, 0) is 18.4 Å². The number of nitrogens with one attached hydrogen (secondary N) is 1. The van der Waals surface area contributed by atoms with E-state index in [2.05, 4.69) is 15.6 Å². The van der Waals surface area contributed by atoms with Crippen LogP contribution in [0.3, 0.4) is 0 Å². The number of rotatable bonds is 4. The summed E-state index contributed by atoms with van der Waals surface area (Å²) in [5.41, 5.74) is 1.94. The Morgan fingerprint density at radius 3 is 3.33 bits per heavy atom. The number of carbonyl (C=O) groups is 1. The molecule has 0 aromatic carbocycles. The number of amides is 1. The van der Waals surface area contributed by atoms with Crippen LogP contribution in [0.15, 0.2) is 17.5 Å². The second kappa shape index (κ2) is 6.36. The van der Waals surface area contributed by atoms with Crippen molar-refractivity contribution in [2.75, 3.05) is 13.2 Å². The molecule has 21 heavy (non-hydrogen) atoms. The normalized spacial score (nSPS) is 18.0. The number of fused-ring (bicyclic) bond motifs is 1. The molecule has 0 saturated carbocycles. The minimum atomic E-state index is 0.0525. The first-order chi connectivity index (χ1) is 10.2. The number of nitrogens with zero attached hydrogens (tertiary/aromatic N) is 3. The lowest BCUT2D eigenvalue weighted by molar-refractivity contribution is -0.120. The van der Waals surface area contributed by atoms with Crippen LogP contribution in [-0.4, -0.2) is 34.1 Å². The highest BCUT2D eigenvalue weighted by molar-refractivity contribution is 7.10. The van der Waals surface area contributed by atoms with E-state index < -0.39 is 0 Å². The summed E-state index contributed by atoms with van der Waals surface area (Å²) in [6.07, 6.45) is 0.443. The zero-order valence-electron chi connectivity index (χ0n) is 11.9. The number of aryl methyl sites for hydroxylation is 1. The fraction of sp³-hybridized carbons (Fsp3) is 0.500. The molecule has 3 heterocycles. The molecular weight excluding hydrogens is 288 g/mol. The fourth-order valence-corrected chi connectivity index (χ4v) is 3.08. The maximum atomic E-state index is 11.9. The molecule has 6 nitrogen and oxygen atoms in total. The van der Waals surface area contributed by atoms with Crippen molar-refractivity contribution in [3.05, 3.63) is 33.8 Å². The molecular formula is C14H18N4O2S. The van der Waals surface area contributed by atoms with E-state index in [0.717, 1.165) is 22.8 Å². The molecule has 1 amide bonds. The predicted molar refractivity (Wildman–Crippen MR) is 78.9 cm³/mol. The molecule has 3 rings (SSSR count). The third-order valence-corrected chi connectivity index (χ3v) is 4.43. The summed E-state index contributed by atoms with van der Waals surface area (Å²) in [5, 5.41) is 13.2. The Morgan fingerprint density at radius 1 is 1.62 bits per heavy atom. The lowest BCUT2D eigenvalue weighted by Gasteiger charge is -2.14. The highest BCUT2D eigenvalue weighted by Crippen LogP contribution is 2.14. The van der Waals surface area contributed by atoms with Crippen molar-refractivity contribution in [3.8, 4) is 0 Å². The van der Waals surface area contributed by atoms with Crippen molar-refractivity contribution in [2.45, 2.75) is 26.5 Å². The van der Waals surface area contributed by atoms with Crippen LogP contribution in [0.4, 0.5) is 0 Å². The van der Waals surface area contributed by atoms with Gasteiger partial charge in [0.1, 0.15) is 0 Å². The molecule has 1 atom stereocenters. The van der Waals surface area contributed by atoms with E-state index >= 15 is 0 Å². The number of hydrogen-bond acceptors (Lipinski definition) is 5. The lowest BCUT2D eigenvalue weighted by atomic mass is 10.1. The second-order valence-corrected chi connectivity index (χ2v) is 6.28. The third kappa shape index (κ3) is 3.48. The number of ether oxygens (including phenoxy) is 1. The first-order valence-corrected chi connectivity index (χ1v) is 7.86. The minimum absolute atomic E-state index is 0.0525. The molecule has 1 aliphatic heterocycles. The van der Waals surface area contributed by atoms with E-state index in [-0.39, 0.29) is 11.8 Å². The Bertz CT molecular complexity index is 609. The van der Waals surface area contributed by atoms with Crippen LogP contribution in [0, 0.1) is 12.8 Å². The van der Waals surface area contributed by atoms with Gasteiger partial charge in [-0.2, -0.15) is 0 Å². The fourth-order valence-electron chi connectivity index (χ4n) is 2.38. The second-order valence-electron chi connectivity index (χ2n) is 5.25. The lowest BCUT2D eigenvalue weighted by Crippen LogP contribution is -2.33. The zero-order chi connectivity index (χ0) is 14.7. The molecule has 112 valence electrons. The van der Waals surface area contributed by atoms with E-state index in [0.29, 0.717) is 26.2 Å². The van der Waals surface area contributed by atoms with Crippen molar-refractivity contribution < 1.29 is 9.53 Å². The topological polar surface area (TPSA) is 69.0 Å². The molecule has 7 heteroatoms. The van der Waals surface area contributed by atoms with Crippen LogP contribution < -0.4 is 5.32 Å². The van der Waals surface area contributed by atoms with Gasteiger partial charge in [0.05, 0.1) is 31.0 Å². The minimum Gasteiger partial charge on any atom is -0.375 e. The average molecular weight is 306 g/mol. The van der Waals surface area contributed by atoms with Crippen LogP contribution >= 0.6 is 11.3 Å². The monoisotopic (exact) mass is 306 g/mol. The van der Waals surface area contributed by atoms with Crippen LogP contribution in [0.25, 0.3) is 0 Å². The first kappa shape index (κ1) is 14.2. The van der Waals surface area contributed by atoms with Gasteiger partial charge in [-0.1, -0.05) is 11.3 Å². The van der Waals surface area contributed by atoms with Crippen molar-refractivity contribution >= 4 is 17.2 Å². The van der Waals surface area contributed by atoms with Gasteiger partial charge >= 0.3 is 0 Å². The number of thiophene rings is 1. The summed E-state index contributed by atoms with van der Waals surface area (Å²) >= 11 is 1.60. The molecule has 0 spiro atoms. The third-order valence-electron chi connectivity index (χ3n) is 3.56. The van der Waals surface area contributed by atoms with Gasteiger partial charge in [-0.15, -0.1) is 16.4 Å². The number of hydrogen-bond donors (Lipinski definition) is 1. The Morgan fingerprint density at radius 2 is 2.52 bits per heavy atom. The number of carbonyl (C=O) groups excluding carboxylic acids is 1. The molecule has 0 radical (unpaired) electrons. The zero-order valence-corrected chi connectivity index (χ0v) is 12.7. The molecule has 0 aliphatic carbocycles. The Labute approximate surface area is 127 Å². The Balaban J connectivity index is 1.52. The van der Waals surface area contributed by atoms with Crippen LogP contribution in [0.5, 0.6) is 0 Å². The number of aromatic nitrogens is 3. The summed E-state index contributed by atoms with van der Waals surface area (Å²) in [4.78, 5) is 13.0. The van der Waals surface area contributed by atoms with Gasteiger partial charge in [0.25, 0.3) is 0 Å². The Hall–Kier alpha value is -1.73. The smallest absolute Gasteiger partial charge is 0.225 e. The first-order valence-electron chi connectivity index (χ1n) is 6.98. The quantitative estimate of drug-likeness (QED) is 0.920. The Kier molecular flexibility index (Phi) is 4.31. The molecule has 0 fully saturated rings. The van der Waals surface area contributed by atoms with Gasteiger partial charge < -0.3 is 10.1 Å². The summed E-state index contributed by atoms with van der Waals surface area (Å²) in [6.45, 7) is 4.43. The molecule has 0 saturated heterocycles. The maximum absolute atomic E-state index is 11.9. The van der Waals surface area contributed by atoms with Crippen molar-refractivity contribution in [1.29, 1.82) is 0 Å². The maximum Gasteiger partial charge on any atom is 0.225 e. The van der Waals surface area contributed by atoms with E-state index in [1.165, 1.54) is 0 Å². The molecule has 2 aromatic heterocycles. The summed E-state index contributed by atoms with van der Waals surface area (Å²) < 4.78 is 7.55. The summed E-state index contributed by atoms with van der Waals surface area (Å²) in [5.74, 6) is 0.274. The molecule has 0 unspecified atom stereocenters. The molecule has 1 N–H and O–H groups in total. The van der Waals surface area contributed by atoms with Gasteiger partial charge in [-0.25, -0.2) is 4.68 Å². The highest BCUT2D eigenvalue weighted by atomic mass is 32.1. The van der Waals surface area contributed by atoms with Gasteiger partial charge in [0.15, 0.2) is 0 Å². The van der Waals surface area contributed by atoms with Crippen LogP contribution in [0.1, 0.15) is 16.3 Å². The molecule has 0 bridgehead atoms. The van der Waals surface area contributed by atoms with E-state index in [9.17, 15) is 4.79 Å². The van der Waals surface area contributed by atoms with Gasteiger partial charge in [0.2, 0.25) is 5.91 Å².